The Bertz CT molecular complexity index is 382. The van der Waals surface area contributed by atoms with Crippen LogP contribution < -0.4 is 0 Å². The monoisotopic (exact) mass is 445 g/mol. The maximum atomic E-state index is 10.4. The second-order valence-corrected chi connectivity index (χ2v) is 5.83. The quantitative estimate of drug-likeness (QED) is 0.460. The maximum Gasteiger partial charge on any atom is 0.139 e. The number of ketones is 6. The zero-order chi connectivity index (χ0) is 20.2. The number of carbonyl (C=O) groups is 6. The summed E-state index contributed by atoms with van der Waals surface area (Å²) in [7, 11) is 0. The van der Waals surface area contributed by atoms with Gasteiger partial charge in [-0.2, -0.15) is 0 Å². The predicted molar refractivity (Wildman–Crippen MR) is 91.6 cm³/mol. The molecule has 0 aliphatic carbocycles. The Kier molecular flexibility index (Phi) is 20.3. The van der Waals surface area contributed by atoms with Gasteiger partial charge in [-0.05, 0) is 62.3 Å². The second-order valence-electron chi connectivity index (χ2n) is 5.83. The van der Waals surface area contributed by atoms with Gasteiger partial charge in [0, 0.05) is 19.5 Å². The third-order valence-electron chi connectivity index (χ3n) is 3.66. The minimum atomic E-state index is -0.407. The van der Waals surface area contributed by atoms with Crippen molar-refractivity contribution < 1.29 is 48.2 Å². The van der Waals surface area contributed by atoms with Crippen LogP contribution in [0.1, 0.15) is 62.3 Å². The molecular weight excluding hydrogens is 415 g/mol. The van der Waals surface area contributed by atoms with Gasteiger partial charge in [0.05, 0.1) is 17.8 Å². The zero-order valence-corrected chi connectivity index (χ0v) is 18.2. The van der Waals surface area contributed by atoms with Crippen LogP contribution in [0.3, 0.4) is 0 Å². The molecule has 0 atom stereocenters. The molecule has 6 nitrogen and oxygen atoms in total. The molecule has 0 N–H and O–H groups in total. The Morgan fingerprint density at radius 1 is 0.400 bits per heavy atom. The van der Waals surface area contributed by atoms with Crippen LogP contribution in [-0.2, 0) is 48.2 Å². The van der Waals surface area contributed by atoms with Gasteiger partial charge < -0.3 is 0 Å². The summed E-state index contributed by atoms with van der Waals surface area (Å²) in [4.78, 5) is 62.2. The largest absolute Gasteiger partial charge is 0.299 e. The maximum absolute atomic E-state index is 10.4. The molecule has 1 radical (unpaired) electrons. The zero-order valence-electron chi connectivity index (χ0n) is 16.5. The van der Waals surface area contributed by atoms with Crippen molar-refractivity contribution in [1.29, 1.82) is 0 Å². The summed E-state index contributed by atoms with van der Waals surface area (Å²) in [6.45, 7) is 13.4. The first-order valence-corrected chi connectivity index (χ1v) is 7.69. The molecule has 0 aliphatic heterocycles. The fraction of sp³-hybridized carbons (Fsp3) is 0.667. The van der Waals surface area contributed by atoms with Crippen molar-refractivity contribution in [3.05, 3.63) is 0 Å². The molecule has 0 saturated carbocycles. The molecular formula is C18H30O6Rh. The van der Waals surface area contributed by atoms with E-state index < -0.39 is 17.8 Å². The van der Waals surface area contributed by atoms with E-state index >= 15 is 0 Å². The first kappa shape index (κ1) is 31.4. The van der Waals surface area contributed by atoms with Crippen molar-refractivity contribution in [2.45, 2.75) is 62.3 Å². The molecule has 0 aliphatic rings. The van der Waals surface area contributed by atoms with Gasteiger partial charge in [-0.15, -0.1) is 0 Å². The summed E-state index contributed by atoms with van der Waals surface area (Å²) >= 11 is 0. The third-order valence-corrected chi connectivity index (χ3v) is 3.66. The Hall–Kier alpha value is -1.36. The molecule has 0 amide bonds. The Balaban J connectivity index is -0.000000130. The van der Waals surface area contributed by atoms with Gasteiger partial charge in [0.25, 0.3) is 0 Å². The number of hydrogen-bond acceptors (Lipinski definition) is 6. The third kappa shape index (κ3) is 18.8. The number of Topliss-reactive ketones (excluding diaryl/α,β-unsaturated/α-hetero) is 6. The standard InChI is InChI=1S/3C6H10O2.Rh/c3*1-4(5(2)7)6(3)8;/h3*4H,1-3H3;. The van der Waals surface area contributed by atoms with Crippen LogP contribution in [-0.4, -0.2) is 34.7 Å². The summed E-state index contributed by atoms with van der Waals surface area (Å²) in [5.74, 6) is -1.57. The molecule has 0 saturated heterocycles. The Morgan fingerprint density at radius 3 is 0.480 bits per heavy atom. The molecule has 0 aromatic carbocycles. The number of rotatable bonds is 6. The van der Waals surface area contributed by atoms with Crippen LogP contribution in [0.5, 0.6) is 0 Å². The van der Waals surface area contributed by atoms with Gasteiger partial charge in [0.15, 0.2) is 0 Å². The smallest absolute Gasteiger partial charge is 0.139 e. The number of hydrogen-bond donors (Lipinski definition) is 0. The molecule has 0 rings (SSSR count). The van der Waals surface area contributed by atoms with E-state index in [1.54, 1.807) is 20.8 Å². The van der Waals surface area contributed by atoms with Crippen molar-refractivity contribution in [1.82, 2.24) is 0 Å². The molecule has 0 bridgehead atoms. The average molecular weight is 445 g/mol. The van der Waals surface area contributed by atoms with E-state index in [1.807, 2.05) is 0 Å². The normalized spacial score (nSPS) is 9.12. The SMILES string of the molecule is CC(=O)C(C)C(C)=O.CC(=O)C(C)C(C)=O.CC(=O)C(C)C(C)=O.[Rh]. The summed E-state index contributed by atoms with van der Waals surface area (Å²) in [5.41, 5.74) is 0. The molecule has 147 valence electrons. The van der Waals surface area contributed by atoms with Crippen molar-refractivity contribution in [3.63, 3.8) is 0 Å². The van der Waals surface area contributed by atoms with E-state index in [1.165, 1.54) is 41.5 Å². The van der Waals surface area contributed by atoms with Crippen LogP contribution in [0.15, 0.2) is 0 Å². The molecule has 7 heteroatoms. The predicted octanol–water partition coefficient (Wildman–Crippen LogP) is 2.40. The van der Waals surface area contributed by atoms with Gasteiger partial charge in [0.1, 0.15) is 34.7 Å². The van der Waals surface area contributed by atoms with Crippen LogP contribution in [0, 0.1) is 17.8 Å². The van der Waals surface area contributed by atoms with Gasteiger partial charge >= 0.3 is 0 Å². The van der Waals surface area contributed by atoms with Crippen LogP contribution in [0.4, 0.5) is 0 Å². The molecule has 0 heterocycles. The fourth-order valence-corrected chi connectivity index (χ4v) is 0.859. The Morgan fingerprint density at radius 2 is 0.480 bits per heavy atom. The van der Waals surface area contributed by atoms with Gasteiger partial charge in [-0.25, -0.2) is 0 Å². The van der Waals surface area contributed by atoms with Crippen molar-refractivity contribution >= 4 is 34.7 Å². The van der Waals surface area contributed by atoms with E-state index in [0.29, 0.717) is 0 Å². The van der Waals surface area contributed by atoms with Crippen LogP contribution in [0.25, 0.3) is 0 Å². The van der Waals surface area contributed by atoms with Gasteiger partial charge in [-0.3, -0.25) is 28.8 Å². The summed E-state index contributed by atoms with van der Waals surface area (Å²) < 4.78 is 0. The fourth-order valence-electron chi connectivity index (χ4n) is 0.859. The molecule has 0 spiro atoms. The molecule has 0 aromatic rings. The van der Waals surface area contributed by atoms with Crippen molar-refractivity contribution in [2.75, 3.05) is 0 Å². The molecule has 0 aromatic heterocycles. The summed E-state index contributed by atoms with van der Waals surface area (Å²) in [6.07, 6.45) is 0. The van der Waals surface area contributed by atoms with Crippen molar-refractivity contribution in [3.8, 4) is 0 Å². The second kappa shape index (κ2) is 16.1. The first-order valence-electron chi connectivity index (χ1n) is 7.69. The van der Waals surface area contributed by atoms with Crippen LogP contribution in [0.2, 0.25) is 0 Å². The van der Waals surface area contributed by atoms with E-state index in [2.05, 4.69) is 0 Å². The molecule has 0 fully saturated rings. The summed E-state index contributed by atoms with van der Waals surface area (Å²) in [6, 6.07) is 0. The summed E-state index contributed by atoms with van der Waals surface area (Å²) in [5, 5.41) is 0. The van der Waals surface area contributed by atoms with Crippen LogP contribution >= 0.6 is 0 Å². The van der Waals surface area contributed by atoms with E-state index in [9.17, 15) is 28.8 Å². The minimum Gasteiger partial charge on any atom is -0.299 e. The topological polar surface area (TPSA) is 102 Å². The van der Waals surface area contributed by atoms with E-state index in [4.69, 9.17) is 0 Å². The van der Waals surface area contributed by atoms with Gasteiger partial charge in [-0.1, -0.05) is 0 Å². The average Bonchev–Trinajstić information content (AvgIpc) is 2.45. The molecule has 0 unspecified atom stereocenters. The van der Waals surface area contributed by atoms with Gasteiger partial charge in [0.2, 0.25) is 0 Å². The van der Waals surface area contributed by atoms with E-state index in [0.717, 1.165) is 0 Å². The first-order chi connectivity index (χ1) is 10.7. The Labute approximate surface area is 163 Å². The molecule has 25 heavy (non-hydrogen) atoms. The van der Waals surface area contributed by atoms with Crippen molar-refractivity contribution in [2.24, 2.45) is 17.8 Å². The minimum absolute atomic E-state index is 0. The number of carbonyl (C=O) groups excluding carboxylic acids is 6. The van der Waals surface area contributed by atoms with E-state index in [-0.39, 0.29) is 54.2 Å².